The molecule has 0 saturated heterocycles. The number of nitrogens with zero attached hydrogens (tertiary/aromatic N) is 1. The highest BCUT2D eigenvalue weighted by Gasteiger charge is 2.30. The molecule has 1 amide bonds. The van der Waals surface area contributed by atoms with Gasteiger partial charge in [0.2, 0.25) is 5.91 Å². The summed E-state index contributed by atoms with van der Waals surface area (Å²) in [7, 11) is 1.47. The predicted octanol–water partition coefficient (Wildman–Crippen LogP) is 19.2. The Labute approximate surface area is 463 Å². The zero-order chi connectivity index (χ0) is 55.0. The van der Waals surface area contributed by atoms with E-state index in [9.17, 15) is 19.0 Å². The first-order valence-corrected chi connectivity index (χ1v) is 32.8. The van der Waals surface area contributed by atoms with Crippen molar-refractivity contribution in [3.8, 4) is 0 Å². The van der Waals surface area contributed by atoms with E-state index in [1.165, 1.54) is 154 Å². The maximum atomic E-state index is 13.5. The third-order valence-electron chi connectivity index (χ3n) is 13.6. The van der Waals surface area contributed by atoms with Crippen molar-refractivity contribution in [2.24, 2.45) is 0 Å². The van der Waals surface area contributed by atoms with Crippen LogP contribution >= 0.6 is 7.82 Å². The minimum atomic E-state index is -4.46. The topological polar surface area (TPSA) is 111 Å². The molecule has 0 aromatic heterocycles. The normalized spacial score (nSPS) is 14.2. The third kappa shape index (κ3) is 56.0. The van der Waals surface area contributed by atoms with E-state index in [0.717, 1.165) is 83.5 Å². The molecule has 3 atom stereocenters. The molecule has 3 unspecified atom stereocenters. The molecule has 0 fully saturated rings. The first-order chi connectivity index (χ1) is 36.4. The van der Waals surface area contributed by atoms with Gasteiger partial charge in [-0.15, -0.1) is 0 Å². The summed E-state index contributed by atoms with van der Waals surface area (Å²) in [6.07, 6.45) is 70.5. The second-order valence-corrected chi connectivity index (χ2v) is 23.6. The summed E-state index contributed by atoms with van der Waals surface area (Å²) in [5, 5.41) is 3.04. The highest BCUT2D eigenvalue weighted by atomic mass is 31.2. The second kappa shape index (κ2) is 54.8. The highest BCUT2D eigenvalue weighted by Crippen LogP contribution is 2.43. The quantitative estimate of drug-likeness (QED) is 0.0205. The zero-order valence-electron chi connectivity index (χ0n) is 49.8. The van der Waals surface area contributed by atoms with Gasteiger partial charge in [-0.3, -0.25) is 18.6 Å². The number of rotatable bonds is 56. The molecule has 0 radical (unpaired) electrons. The molecule has 0 aromatic carbocycles. The van der Waals surface area contributed by atoms with Gasteiger partial charge < -0.3 is 19.4 Å². The Morgan fingerprint density at radius 1 is 0.480 bits per heavy atom. The number of phosphoric acid groups is 1. The molecular weight excluding hydrogens is 952 g/mol. The molecule has 0 heterocycles. The number of unbranched alkanes of at least 4 members (excludes halogenated alkanes) is 30. The molecule has 0 saturated carbocycles. The molecule has 0 aliphatic carbocycles. The number of esters is 1. The molecule has 10 heteroatoms. The Bertz CT molecular complexity index is 1510. The van der Waals surface area contributed by atoms with Crippen molar-refractivity contribution in [3.63, 3.8) is 0 Å². The first-order valence-electron chi connectivity index (χ1n) is 31.3. The molecule has 0 spiro atoms. The number of ether oxygens (including phenoxy) is 1. The Balaban J connectivity index is 5.26. The lowest BCUT2D eigenvalue weighted by Gasteiger charge is -2.27. The Morgan fingerprint density at radius 2 is 0.853 bits per heavy atom. The minimum Gasteiger partial charge on any atom is -0.456 e. The molecule has 2 N–H and O–H groups in total. The number of hydrogen-bond acceptors (Lipinski definition) is 6. The summed E-state index contributed by atoms with van der Waals surface area (Å²) in [6, 6.07) is -0.867. The summed E-state index contributed by atoms with van der Waals surface area (Å²) < 4.78 is 30.7. The number of likely N-dealkylation sites (N-methyl/N-ethyl adjacent to an activating group) is 1. The van der Waals surface area contributed by atoms with Gasteiger partial charge in [-0.1, -0.05) is 242 Å². The molecule has 9 nitrogen and oxygen atoms in total. The van der Waals surface area contributed by atoms with Crippen molar-refractivity contribution in [2.45, 2.75) is 290 Å². The van der Waals surface area contributed by atoms with Crippen LogP contribution in [-0.2, 0) is 27.9 Å². The number of carbonyl (C=O) groups is 2. The third-order valence-corrected chi connectivity index (χ3v) is 14.6. The lowest BCUT2D eigenvalue weighted by atomic mass is 10.0. The molecule has 0 bridgehead atoms. The number of quaternary nitrogens is 1. The van der Waals surface area contributed by atoms with Gasteiger partial charge in [0.15, 0.2) is 0 Å². The number of allylic oxidation sites excluding steroid dienone is 11. The Morgan fingerprint density at radius 3 is 1.31 bits per heavy atom. The van der Waals surface area contributed by atoms with Crippen LogP contribution < -0.4 is 5.32 Å². The van der Waals surface area contributed by atoms with Crippen LogP contribution in [-0.4, -0.2) is 74.3 Å². The van der Waals surface area contributed by atoms with E-state index in [1.54, 1.807) is 0 Å². The van der Waals surface area contributed by atoms with Gasteiger partial charge in [-0.25, -0.2) is 4.57 Å². The minimum absolute atomic E-state index is 0.0318. The van der Waals surface area contributed by atoms with Crippen molar-refractivity contribution in [3.05, 3.63) is 72.9 Å². The molecule has 0 aromatic rings. The fourth-order valence-corrected chi connectivity index (χ4v) is 9.54. The Kier molecular flexibility index (Phi) is 52.9. The maximum absolute atomic E-state index is 13.5. The van der Waals surface area contributed by atoms with E-state index < -0.39 is 20.0 Å². The van der Waals surface area contributed by atoms with Gasteiger partial charge in [-0.2, -0.15) is 0 Å². The van der Waals surface area contributed by atoms with E-state index >= 15 is 0 Å². The lowest BCUT2D eigenvalue weighted by Crippen LogP contribution is -2.47. The van der Waals surface area contributed by atoms with Crippen molar-refractivity contribution in [1.82, 2.24) is 5.32 Å². The second-order valence-electron chi connectivity index (χ2n) is 22.2. The van der Waals surface area contributed by atoms with Crippen molar-refractivity contribution in [2.75, 3.05) is 40.9 Å². The van der Waals surface area contributed by atoms with Crippen LogP contribution in [0.3, 0.4) is 0 Å². The van der Waals surface area contributed by atoms with E-state index in [4.69, 9.17) is 13.8 Å². The largest absolute Gasteiger partial charge is 0.472 e. The number of hydrogen-bond donors (Lipinski definition) is 2. The predicted molar refractivity (Wildman–Crippen MR) is 323 cm³/mol. The van der Waals surface area contributed by atoms with Crippen LogP contribution in [0.1, 0.15) is 278 Å². The van der Waals surface area contributed by atoms with Crippen molar-refractivity contribution in [1.29, 1.82) is 0 Å². The number of nitrogens with one attached hydrogen (secondary N) is 1. The average molecular weight is 1070 g/mol. The van der Waals surface area contributed by atoms with E-state index in [1.807, 2.05) is 33.3 Å². The molecule has 436 valence electrons. The van der Waals surface area contributed by atoms with E-state index in [2.05, 4.69) is 86.8 Å². The van der Waals surface area contributed by atoms with Crippen molar-refractivity contribution >= 4 is 19.7 Å². The van der Waals surface area contributed by atoms with Gasteiger partial charge in [-0.05, 0) is 96.0 Å². The van der Waals surface area contributed by atoms with Gasteiger partial charge >= 0.3 is 13.8 Å². The van der Waals surface area contributed by atoms with E-state index in [-0.39, 0.29) is 31.5 Å². The summed E-state index contributed by atoms with van der Waals surface area (Å²) in [4.78, 5) is 37.7. The highest BCUT2D eigenvalue weighted by molar-refractivity contribution is 7.47. The molecule has 0 aliphatic heterocycles. The van der Waals surface area contributed by atoms with Gasteiger partial charge in [0.25, 0.3) is 0 Å². The van der Waals surface area contributed by atoms with Gasteiger partial charge in [0.1, 0.15) is 19.3 Å². The lowest BCUT2D eigenvalue weighted by molar-refractivity contribution is -0.870. The van der Waals surface area contributed by atoms with Gasteiger partial charge in [0.05, 0.1) is 33.8 Å². The SMILES string of the molecule is CC/C=C/C/C=C/C/C=C/C/C=C/CCCCCC(=O)NC(COP(=O)(O)OCC[N+](C)(C)C)C(/C=C/CCCCCCCCCCCC)OC(=O)CCCCCCCCCCCCC/C=C/CCCCCCCC. The summed E-state index contributed by atoms with van der Waals surface area (Å²) >= 11 is 0. The monoisotopic (exact) mass is 1070 g/mol. The van der Waals surface area contributed by atoms with Crippen LogP contribution in [0, 0.1) is 0 Å². The smallest absolute Gasteiger partial charge is 0.456 e. The van der Waals surface area contributed by atoms with Crippen LogP contribution in [0.25, 0.3) is 0 Å². The fraction of sp³-hybridized carbons (Fsp3) is 0.785. The summed E-state index contributed by atoms with van der Waals surface area (Å²) in [5.74, 6) is -0.539. The molecule has 75 heavy (non-hydrogen) atoms. The number of phosphoric ester groups is 1. The Hall–Kier alpha value is -2.55. The molecule has 0 aliphatic rings. The standard InChI is InChI=1S/C65H119N2O7P/c1-7-10-13-16-19-22-25-28-30-32-33-34-35-36-38-40-43-46-49-52-55-58-65(69)74-63(56-53-50-47-44-41-27-24-21-18-15-12-9-3)62(61-73-75(70,71)72-60-59-67(4,5)6)66-64(68)57-54-51-48-45-42-39-37-31-29-26-23-20-17-14-11-8-2/h11,14,20,23,28-31,39,42,53,56,62-63H,7-10,12-13,15-19,21-22,24-27,32-38,40-41,43-52,54-55,57-61H2,1-6H3,(H-,66,68,70,71)/p+1/b14-11+,23-20+,30-28+,31-29+,42-39+,56-53+. The molecular formula is C65H120N2O7P+. The number of carbonyl (C=O) groups excluding carboxylic acids is 2. The summed E-state index contributed by atoms with van der Waals surface area (Å²) in [5.41, 5.74) is 0. The van der Waals surface area contributed by atoms with Crippen molar-refractivity contribution < 1.29 is 37.3 Å². The van der Waals surface area contributed by atoms with Crippen LogP contribution in [0.15, 0.2) is 72.9 Å². The summed E-state index contributed by atoms with van der Waals surface area (Å²) in [6.45, 7) is 6.88. The zero-order valence-corrected chi connectivity index (χ0v) is 50.7. The fourth-order valence-electron chi connectivity index (χ4n) is 8.81. The van der Waals surface area contributed by atoms with Crippen LogP contribution in [0.4, 0.5) is 0 Å². The molecule has 0 rings (SSSR count). The van der Waals surface area contributed by atoms with E-state index in [0.29, 0.717) is 23.9 Å². The average Bonchev–Trinajstić information content (AvgIpc) is 3.37. The van der Waals surface area contributed by atoms with Gasteiger partial charge in [0, 0.05) is 12.8 Å². The van der Waals surface area contributed by atoms with Crippen LogP contribution in [0.2, 0.25) is 0 Å². The first kappa shape index (κ1) is 72.5. The number of amides is 1. The van der Waals surface area contributed by atoms with Crippen LogP contribution in [0.5, 0.6) is 0 Å². The maximum Gasteiger partial charge on any atom is 0.472 e.